The van der Waals surface area contributed by atoms with E-state index in [4.69, 9.17) is 10.5 Å². The van der Waals surface area contributed by atoms with Gasteiger partial charge in [0.1, 0.15) is 5.41 Å². The summed E-state index contributed by atoms with van der Waals surface area (Å²) in [6.07, 6.45) is 12.9. The Morgan fingerprint density at radius 2 is 1.17 bits per heavy atom. The third-order valence-corrected chi connectivity index (χ3v) is 3.74. The molecular formula is C16H28N2. The van der Waals surface area contributed by atoms with E-state index >= 15 is 0 Å². The van der Waals surface area contributed by atoms with E-state index in [1.54, 1.807) is 0 Å². The fourth-order valence-corrected chi connectivity index (χ4v) is 2.21. The highest BCUT2D eigenvalue weighted by atomic mass is 14.4. The van der Waals surface area contributed by atoms with Gasteiger partial charge in [-0.05, 0) is 12.8 Å². The number of nitrogens with zero attached hydrogens (tertiary/aromatic N) is 2. The standard InChI is InChI=1S/C16H28N2/c1-3-5-6-7-8-9-10-11-12-13-16(4-2,14-17)15-18/h3-13H2,1-2H3. The van der Waals surface area contributed by atoms with Crippen LogP contribution in [-0.2, 0) is 0 Å². The highest BCUT2D eigenvalue weighted by Crippen LogP contribution is 2.27. The number of unbranched alkanes of at least 4 members (excludes halogenated alkanes) is 8. The zero-order chi connectivity index (χ0) is 13.7. The van der Waals surface area contributed by atoms with E-state index < -0.39 is 5.41 Å². The maximum Gasteiger partial charge on any atom is 0.143 e. The van der Waals surface area contributed by atoms with Crippen molar-refractivity contribution in [1.82, 2.24) is 0 Å². The minimum absolute atomic E-state index is 0.650. The van der Waals surface area contributed by atoms with Crippen LogP contribution in [0.3, 0.4) is 0 Å². The van der Waals surface area contributed by atoms with Crippen LogP contribution in [0.2, 0.25) is 0 Å². The molecule has 2 heteroatoms. The summed E-state index contributed by atoms with van der Waals surface area (Å²) in [5.41, 5.74) is -0.721. The topological polar surface area (TPSA) is 47.6 Å². The molecule has 18 heavy (non-hydrogen) atoms. The second-order valence-corrected chi connectivity index (χ2v) is 5.24. The van der Waals surface area contributed by atoms with Crippen LogP contribution < -0.4 is 0 Å². The zero-order valence-corrected chi connectivity index (χ0v) is 12.2. The molecule has 2 nitrogen and oxygen atoms in total. The van der Waals surface area contributed by atoms with Crippen LogP contribution >= 0.6 is 0 Å². The minimum Gasteiger partial charge on any atom is -0.197 e. The Balaban J connectivity index is 3.46. The molecule has 0 aromatic rings. The lowest BCUT2D eigenvalue weighted by molar-refractivity contribution is 0.427. The second kappa shape index (κ2) is 11.1. The first kappa shape index (κ1) is 17.0. The van der Waals surface area contributed by atoms with Gasteiger partial charge in [-0.15, -0.1) is 0 Å². The maximum absolute atomic E-state index is 9.03. The number of rotatable bonds is 11. The summed E-state index contributed by atoms with van der Waals surface area (Å²) in [4.78, 5) is 0. The summed E-state index contributed by atoms with van der Waals surface area (Å²) in [5.74, 6) is 0. The molecule has 0 aromatic heterocycles. The summed E-state index contributed by atoms with van der Waals surface area (Å²) in [7, 11) is 0. The van der Waals surface area contributed by atoms with Crippen LogP contribution in [0.25, 0.3) is 0 Å². The van der Waals surface area contributed by atoms with Gasteiger partial charge in [-0.25, -0.2) is 0 Å². The molecule has 0 radical (unpaired) electrons. The molecule has 102 valence electrons. The molecule has 0 fully saturated rings. The highest BCUT2D eigenvalue weighted by molar-refractivity contribution is 5.12. The van der Waals surface area contributed by atoms with Gasteiger partial charge in [0, 0.05) is 0 Å². The normalized spacial score (nSPS) is 10.9. The van der Waals surface area contributed by atoms with Gasteiger partial charge in [0.25, 0.3) is 0 Å². The molecule has 0 aliphatic heterocycles. The van der Waals surface area contributed by atoms with E-state index in [9.17, 15) is 0 Å². The SMILES string of the molecule is CCCCCCCCCCCC(C#N)(C#N)CC. The molecule has 0 unspecified atom stereocenters. The van der Waals surface area contributed by atoms with Crippen molar-refractivity contribution in [2.45, 2.75) is 84.5 Å². The average Bonchev–Trinajstić information content (AvgIpc) is 2.42. The van der Waals surface area contributed by atoms with Crippen LogP contribution in [0.15, 0.2) is 0 Å². The van der Waals surface area contributed by atoms with Gasteiger partial charge >= 0.3 is 0 Å². The van der Waals surface area contributed by atoms with E-state index in [2.05, 4.69) is 19.1 Å². The predicted molar refractivity (Wildman–Crippen MR) is 75.8 cm³/mol. The Morgan fingerprint density at radius 3 is 1.56 bits per heavy atom. The van der Waals surface area contributed by atoms with Crippen molar-refractivity contribution in [3.05, 3.63) is 0 Å². The Morgan fingerprint density at radius 1 is 0.722 bits per heavy atom. The Hall–Kier alpha value is -1.02. The number of hydrogen-bond acceptors (Lipinski definition) is 2. The molecule has 0 aromatic carbocycles. The first-order valence-corrected chi connectivity index (χ1v) is 7.57. The quantitative estimate of drug-likeness (QED) is 0.463. The maximum atomic E-state index is 9.03. The van der Waals surface area contributed by atoms with Crippen molar-refractivity contribution in [2.75, 3.05) is 0 Å². The first-order valence-electron chi connectivity index (χ1n) is 7.57. The van der Waals surface area contributed by atoms with Gasteiger partial charge in [0.05, 0.1) is 12.1 Å². The molecule has 0 rings (SSSR count). The molecule has 0 bridgehead atoms. The molecule has 0 amide bonds. The van der Waals surface area contributed by atoms with Crippen molar-refractivity contribution >= 4 is 0 Å². The van der Waals surface area contributed by atoms with Gasteiger partial charge in [-0.1, -0.05) is 71.6 Å². The minimum atomic E-state index is -0.721. The number of hydrogen-bond donors (Lipinski definition) is 0. The fourth-order valence-electron chi connectivity index (χ4n) is 2.21. The lowest BCUT2D eigenvalue weighted by Gasteiger charge is -2.15. The van der Waals surface area contributed by atoms with E-state index in [1.165, 1.54) is 51.4 Å². The molecule has 0 atom stereocenters. The molecule has 0 saturated heterocycles. The largest absolute Gasteiger partial charge is 0.197 e. The van der Waals surface area contributed by atoms with Crippen molar-refractivity contribution in [3.8, 4) is 12.1 Å². The molecule has 0 saturated carbocycles. The van der Waals surface area contributed by atoms with Crippen LogP contribution in [0.4, 0.5) is 0 Å². The lowest BCUT2D eigenvalue weighted by atomic mass is 9.83. The summed E-state index contributed by atoms with van der Waals surface area (Å²) in [6, 6.07) is 4.36. The van der Waals surface area contributed by atoms with E-state index in [0.29, 0.717) is 6.42 Å². The van der Waals surface area contributed by atoms with Crippen molar-refractivity contribution in [1.29, 1.82) is 10.5 Å². The van der Waals surface area contributed by atoms with Gasteiger partial charge < -0.3 is 0 Å². The van der Waals surface area contributed by atoms with Crippen molar-refractivity contribution < 1.29 is 0 Å². The van der Waals surface area contributed by atoms with Crippen LogP contribution in [0, 0.1) is 28.1 Å². The molecule has 0 aliphatic rings. The second-order valence-electron chi connectivity index (χ2n) is 5.24. The van der Waals surface area contributed by atoms with E-state index in [0.717, 1.165) is 12.8 Å². The average molecular weight is 248 g/mol. The Bertz CT molecular complexity index is 256. The van der Waals surface area contributed by atoms with Gasteiger partial charge in [0.15, 0.2) is 0 Å². The molecular weight excluding hydrogens is 220 g/mol. The van der Waals surface area contributed by atoms with E-state index in [1.807, 2.05) is 6.92 Å². The van der Waals surface area contributed by atoms with Crippen molar-refractivity contribution in [2.24, 2.45) is 5.41 Å². The van der Waals surface area contributed by atoms with Gasteiger partial charge in [0.2, 0.25) is 0 Å². The van der Waals surface area contributed by atoms with Crippen LogP contribution in [-0.4, -0.2) is 0 Å². The molecule has 0 N–H and O–H groups in total. The third kappa shape index (κ3) is 7.33. The molecule has 0 aliphatic carbocycles. The molecule has 0 heterocycles. The monoisotopic (exact) mass is 248 g/mol. The summed E-state index contributed by atoms with van der Waals surface area (Å²) >= 11 is 0. The Labute approximate surface area is 113 Å². The molecule has 0 spiro atoms. The third-order valence-electron chi connectivity index (χ3n) is 3.74. The highest BCUT2D eigenvalue weighted by Gasteiger charge is 2.26. The van der Waals surface area contributed by atoms with E-state index in [-0.39, 0.29) is 0 Å². The first-order chi connectivity index (χ1) is 8.74. The predicted octanol–water partition coefficient (Wildman–Crippen LogP) is 5.35. The smallest absolute Gasteiger partial charge is 0.143 e. The number of nitriles is 2. The zero-order valence-electron chi connectivity index (χ0n) is 12.2. The summed E-state index contributed by atoms with van der Waals surface area (Å²) < 4.78 is 0. The summed E-state index contributed by atoms with van der Waals surface area (Å²) in [6.45, 7) is 4.17. The van der Waals surface area contributed by atoms with Crippen LogP contribution in [0.5, 0.6) is 0 Å². The van der Waals surface area contributed by atoms with Gasteiger partial charge in [-0.2, -0.15) is 10.5 Å². The fraction of sp³-hybridized carbons (Fsp3) is 0.875. The van der Waals surface area contributed by atoms with Crippen molar-refractivity contribution in [3.63, 3.8) is 0 Å². The Kier molecular flexibility index (Phi) is 10.5. The summed E-state index contributed by atoms with van der Waals surface area (Å²) in [5, 5.41) is 18.1. The van der Waals surface area contributed by atoms with Gasteiger partial charge in [-0.3, -0.25) is 0 Å². The lowest BCUT2D eigenvalue weighted by Crippen LogP contribution is -2.14. The van der Waals surface area contributed by atoms with Crippen LogP contribution in [0.1, 0.15) is 84.5 Å².